The molecule has 126 valence electrons. The van der Waals surface area contributed by atoms with Crippen LogP contribution < -0.4 is 0 Å². The summed E-state index contributed by atoms with van der Waals surface area (Å²) in [6, 6.07) is 15.1. The Hall–Kier alpha value is -2.31. The van der Waals surface area contributed by atoms with Crippen molar-refractivity contribution < 1.29 is 8.83 Å². The van der Waals surface area contributed by atoms with Crippen LogP contribution in [-0.2, 0) is 6.42 Å². The first-order valence-corrected chi connectivity index (χ1v) is 9.21. The second-order valence-electron chi connectivity index (χ2n) is 5.41. The van der Waals surface area contributed by atoms with Gasteiger partial charge in [0.15, 0.2) is 11.5 Å². The third-order valence-corrected chi connectivity index (χ3v) is 4.75. The van der Waals surface area contributed by atoms with Crippen LogP contribution in [0.15, 0.2) is 62.6 Å². The predicted molar refractivity (Wildman–Crippen MR) is 97.8 cm³/mol. The summed E-state index contributed by atoms with van der Waals surface area (Å²) >= 11 is 7.41. The number of fused-ring (bicyclic) bond motifs is 1. The second kappa shape index (κ2) is 7.29. The number of aryl methyl sites for hydroxylation is 1. The normalized spacial score (nSPS) is 11.2. The topological polar surface area (TPSA) is 65.0 Å². The van der Waals surface area contributed by atoms with Gasteiger partial charge in [-0.25, -0.2) is 4.98 Å². The standard InChI is InChI=1S/C18H14ClN3O2S/c19-13-9-7-12(8-10-13)17-21-22-18(24-17)25-11-3-6-16-20-14-4-1-2-5-15(14)23-16/h1-2,4-5,7-10H,3,6,11H2. The molecular weight excluding hydrogens is 358 g/mol. The van der Waals surface area contributed by atoms with Gasteiger partial charge in [-0.2, -0.15) is 0 Å². The molecule has 2 aromatic carbocycles. The fourth-order valence-corrected chi connectivity index (χ4v) is 3.21. The van der Waals surface area contributed by atoms with Crippen molar-refractivity contribution in [3.05, 3.63) is 59.4 Å². The molecule has 0 aliphatic carbocycles. The molecule has 0 aliphatic rings. The molecule has 4 aromatic rings. The van der Waals surface area contributed by atoms with Gasteiger partial charge < -0.3 is 8.83 Å². The first-order chi connectivity index (χ1) is 12.3. The van der Waals surface area contributed by atoms with Crippen LogP contribution in [0.2, 0.25) is 5.02 Å². The lowest BCUT2D eigenvalue weighted by Crippen LogP contribution is -1.87. The third-order valence-electron chi connectivity index (χ3n) is 3.60. The van der Waals surface area contributed by atoms with E-state index in [0.717, 1.165) is 41.1 Å². The Labute approximate surface area is 153 Å². The van der Waals surface area contributed by atoms with Gasteiger partial charge in [-0.05, 0) is 42.8 Å². The highest BCUT2D eigenvalue weighted by Gasteiger charge is 2.10. The molecule has 0 spiro atoms. The van der Waals surface area contributed by atoms with Crippen molar-refractivity contribution in [2.24, 2.45) is 0 Å². The van der Waals surface area contributed by atoms with E-state index in [1.54, 1.807) is 12.1 Å². The van der Waals surface area contributed by atoms with Crippen LogP contribution in [-0.4, -0.2) is 20.9 Å². The Morgan fingerprint density at radius 1 is 0.960 bits per heavy atom. The number of hydrogen-bond acceptors (Lipinski definition) is 6. The first-order valence-electron chi connectivity index (χ1n) is 7.84. The molecule has 25 heavy (non-hydrogen) atoms. The van der Waals surface area contributed by atoms with Gasteiger partial charge in [0, 0.05) is 22.8 Å². The number of rotatable bonds is 6. The summed E-state index contributed by atoms with van der Waals surface area (Å²) in [7, 11) is 0. The lowest BCUT2D eigenvalue weighted by Gasteiger charge is -1.96. The van der Waals surface area contributed by atoms with Gasteiger partial charge in [0.1, 0.15) is 5.52 Å². The summed E-state index contributed by atoms with van der Waals surface area (Å²) in [6.45, 7) is 0. The van der Waals surface area contributed by atoms with E-state index in [2.05, 4.69) is 15.2 Å². The molecule has 0 N–H and O–H groups in total. The van der Waals surface area contributed by atoms with Crippen LogP contribution in [0.3, 0.4) is 0 Å². The van der Waals surface area contributed by atoms with Crippen LogP contribution in [0.4, 0.5) is 0 Å². The lowest BCUT2D eigenvalue weighted by atomic mass is 10.2. The Morgan fingerprint density at radius 3 is 2.64 bits per heavy atom. The minimum atomic E-state index is 0.498. The quantitative estimate of drug-likeness (QED) is 0.340. The summed E-state index contributed by atoms with van der Waals surface area (Å²) < 4.78 is 11.4. The van der Waals surface area contributed by atoms with Gasteiger partial charge in [0.05, 0.1) is 0 Å². The summed E-state index contributed by atoms with van der Waals surface area (Å²) in [5, 5.41) is 9.37. The van der Waals surface area contributed by atoms with Gasteiger partial charge in [0.2, 0.25) is 5.89 Å². The molecule has 2 aromatic heterocycles. The average molecular weight is 372 g/mol. The van der Waals surface area contributed by atoms with Crippen LogP contribution in [0.5, 0.6) is 0 Å². The molecule has 2 heterocycles. The molecule has 0 bridgehead atoms. The minimum Gasteiger partial charge on any atom is -0.441 e. The Balaban J connectivity index is 1.31. The molecule has 0 saturated carbocycles. The zero-order valence-electron chi connectivity index (χ0n) is 13.2. The van der Waals surface area contributed by atoms with Gasteiger partial charge in [0.25, 0.3) is 5.22 Å². The molecule has 4 rings (SSSR count). The lowest BCUT2D eigenvalue weighted by molar-refractivity contribution is 0.465. The monoisotopic (exact) mass is 371 g/mol. The summed E-state index contributed by atoms with van der Waals surface area (Å²) in [4.78, 5) is 4.47. The van der Waals surface area contributed by atoms with Crippen molar-refractivity contribution in [2.45, 2.75) is 18.1 Å². The van der Waals surface area contributed by atoms with Crippen molar-refractivity contribution in [1.82, 2.24) is 15.2 Å². The van der Waals surface area contributed by atoms with Crippen molar-refractivity contribution in [3.63, 3.8) is 0 Å². The summed E-state index contributed by atoms with van der Waals surface area (Å²) in [5.74, 6) is 2.10. The number of para-hydroxylation sites is 2. The zero-order valence-corrected chi connectivity index (χ0v) is 14.8. The maximum absolute atomic E-state index is 5.88. The molecule has 0 saturated heterocycles. The summed E-state index contributed by atoms with van der Waals surface area (Å²) in [5.41, 5.74) is 2.58. The average Bonchev–Trinajstić information content (AvgIpc) is 3.26. The van der Waals surface area contributed by atoms with Crippen molar-refractivity contribution in [2.75, 3.05) is 5.75 Å². The highest BCUT2D eigenvalue weighted by atomic mass is 35.5. The van der Waals surface area contributed by atoms with E-state index in [1.807, 2.05) is 36.4 Å². The van der Waals surface area contributed by atoms with Gasteiger partial charge in [-0.1, -0.05) is 35.5 Å². The highest BCUT2D eigenvalue weighted by molar-refractivity contribution is 7.99. The molecule has 0 radical (unpaired) electrons. The van der Waals surface area contributed by atoms with E-state index in [0.29, 0.717) is 16.1 Å². The van der Waals surface area contributed by atoms with Crippen LogP contribution in [0.25, 0.3) is 22.6 Å². The second-order valence-corrected chi connectivity index (χ2v) is 6.89. The maximum Gasteiger partial charge on any atom is 0.276 e. The number of benzene rings is 2. The smallest absolute Gasteiger partial charge is 0.276 e. The molecule has 0 atom stereocenters. The van der Waals surface area contributed by atoms with Crippen molar-refractivity contribution in [1.29, 1.82) is 0 Å². The fraction of sp³-hybridized carbons (Fsp3) is 0.167. The van der Waals surface area contributed by atoms with E-state index in [1.165, 1.54) is 11.8 Å². The number of nitrogens with zero attached hydrogens (tertiary/aromatic N) is 3. The molecule has 7 heteroatoms. The molecule has 5 nitrogen and oxygen atoms in total. The van der Waals surface area contributed by atoms with Gasteiger partial charge in [-0.15, -0.1) is 10.2 Å². The third kappa shape index (κ3) is 3.86. The maximum atomic E-state index is 5.88. The van der Waals surface area contributed by atoms with Crippen molar-refractivity contribution >= 4 is 34.5 Å². The first kappa shape index (κ1) is 16.2. The van der Waals surface area contributed by atoms with E-state index in [9.17, 15) is 0 Å². The van der Waals surface area contributed by atoms with E-state index in [4.69, 9.17) is 20.4 Å². The number of oxazole rings is 1. The molecule has 0 unspecified atom stereocenters. The van der Waals surface area contributed by atoms with Crippen LogP contribution in [0, 0.1) is 0 Å². The van der Waals surface area contributed by atoms with Crippen LogP contribution in [0.1, 0.15) is 12.3 Å². The Kier molecular flexibility index (Phi) is 4.72. The summed E-state index contributed by atoms with van der Waals surface area (Å²) in [6.07, 6.45) is 1.69. The SMILES string of the molecule is Clc1ccc(-c2nnc(SCCCc3nc4ccccc4o3)o2)cc1. The number of hydrogen-bond donors (Lipinski definition) is 0. The zero-order chi connectivity index (χ0) is 17.1. The van der Waals surface area contributed by atoms with E-state index in [-0.39, 0.29) is 0 Å². The van der Waals surface area contributed by atoms with Gasteiger partial charge in [-0.3, -0.25) is 0 Å². The van der Waals surface area contributed by atoms with E-state index >= 15 is 0 Å². The van der Waals surface area contributed by atoms with Crippen LogP contribution >= 0.6 is 23.4 Å². The number of aromatic nitrogens is 3. The van der Waals surface area contributed by atoms with E-state index < -0.39 is 0 Å². The Morgan fingerprint density at radius 2 is 1.80 bits per heavy atom. The van der Waals surface area contributed by atoms with Gasteiger partial charge >= 0.3 is 0 Å². The Bertz CT molecular complexity index is 948. The predicted octanol–water partition coefficient (Wildman–Crippen LogP) is 5.26. The number of halogens is 1. The molecule has 0 aliphatic heterocycles. The molecular formula is C18H14ClN3O2S. The largest absolute Gasteiger partial charge is 0.441 e. The molecule has 0 fully saturated rings. The minimum absolute atomic E-state index is 0.498. The van der Waals surface area contributed by atoms with Crippen molar-refractivity contribution in [3.8, 4) is 11.5 Å². The highest BCUT2D eigenvalue weighted by Crippen LogP contribution is 2.25. The number of thioether (sulfide) groups is 1. The molecule has 0 amide bonds. The fourth-order valence-electron chi connectivity index (χ4n) is 2.39.